The van der Waals surface area contributed by atoms with E-state index in [0.29, 0.717) is 90.2 Å². The number of rotatable bonds is 8. The lowest BCUT2D eigenvalue weighted by atomic mass is 9.52. The van der Waals surface area contributed by atoms with Gasteiger partial charge in [-0.2, -0.15) is 9.97 Å². The second-order valence-corrected chi connectivity index (χ2v) is 18.4. The quantitative estimate of drug-likeness (QED) is 0.200. The number of hydrogen-bond donors (Lipinski definition) is 0. The van der Waals surface area contributed by atoms with E-state index in [1.807, 2.05) is 6.08 Å². The monoisotopic (exact) mass is 778 g/mol. The van der Waals surface area contributed by atoms with Gasteiger partial charge >= 0.3 is 5.97 Å². The fraction of sp³-hybridized carbons (Fsp3) is 0.578. The number of ether oxygens (including phenoxy) is 1. The minimum Gasteiger partial charge on any atom is -0.415 e. The number of fused-ring (bicyclic) bond motifs is 5. The van der Waals surface area contributed by atoms with E-state index in [2.05, 4.69) is 52.5 Å². The van der Waals surface area contributed by atoms with Crippen LogP contribution >= 0.6 is 11.6 Å². The van der Waals surface area contributed by atoms with Crippen LogP contribution < -0.4 is 19.4 Å². The van der Waals surface area contributed by atoms with Crippen molar-refractivity contribution in [1.82, 2.24) is 14.9 Å². The molecule has 11 heteroatoms. The van der Waals surface area contributed by atoms with Crippen molar-refractivity contribution in [2.75, 3.05) is 73.6 Å². The molecule has 3 saturated heterocycles. The van der Waals surface area contributed by atoms with Crippen molar-refractivity contribution >= 4 is 46.7 Å². The molecular weight excluding hydrogens is 724 g/mol. The van der Waals surface area contributed by atoms with E-state index in [0.717, 1.165) is 77.5 Å². The number of aromatic nitrogens is 2. The van der Waals surface area contributed by atoms with E-state index in [-0.39, 0.29) is 22.5 Å². The molecule has 0 unspecified atom stereocenters. The van der Waals surface area contributed by atoms with E-state index in [9.17, 15) is 14.4 Å². The maximum absolute atomic E-state index is 14.5. The minimum absolute atomic E-state index is 0.0170. The second kappa shape index (κ2) is 14.7. The predicted octanol–water partition coefficient (Wildman–Crippen LogP) is 7.33. The van der Waals surface area contributed by atoms with Crippen LogP contribution in [0.25, 0.3) is 0 Å². The molecule has 0 radical (unpaired) electrons. The van der Waals surface area contributed by atoms with Crippen LogP contribution in [0, 0.1) is 34.5 Å². The van der Waals surface area contributed by atoms with E-state index in [1.165, 1.54) is 11.1 Å². The number of hydrogen-bond acceptors (Lipinski definition) is 10. The first-order valence-corrected chi connectivity index (χ1v) is 21.4. The smallest absolute Gasteiger partial charge is 0.343 e. The molecule has 4 heterocycles. The number of nitrogens with zero attached hydrogens (tertiary/aromatic N) is 6. The molecule has 0 spiro atoms. The minimum atomic E-state index is -0.461. The van der Waals surface area contributed by atoms with Crippen molar-refractivity contribution in [3.63, 3.8) is 0 Å². The van der Waals surface area contributed by atoms with Gasteiger partial charge in [0.2, 0.25) is 11.7 Å². The van der Waals surface area contributed by atoms with Crippen LogP contribution in [0.15, 0.2) is 59.7 Å². The molecule has 296 valence electrons. The van der Waals surface area contributed by atoms with Crippen molar-refractivity contribution in [1.29, 1.82) is 0 Å². The lowest BCUT2D eigenvalue weighted by molar-refractivity contribution is -0.129. The van der Waals surface area contributed by atoms with E-state index in [4.69, 9.17) is 26.3 Å². The SMILES string of the molecule is C[C@@H]1C[C@H]2[C@@H]3CCC4=CC(=O)C=C[C@]4(C)C3=CC[C@]2(C)[C@H]1C(=O)CN1CCN(c2nc(N3CCCC3)nc(N3CCCC3)c2OC(=O)c2ccc(Cl)cc2)CC1. The first-order valence-electron chi connectivity index (χ1n) is 21.1. The highest BCUT2D eigenvalue weighted by molar-refractivity contribution is 6.30. The summed E-state index contributed by atoms with van der Waals surface area (Å²) in [6.45, 7) is 13.7. The van der Waals surface area contributed by atoms with Crippen LogP contribution in [0.1, 0.15) is 82.5 Å². The molecule has 0 amide bonds. The standard InChI is InChI=1S/C45H55ClN6O4/c1-29-26-36-34-13-10-31-27-33(53)14-16-44(31,2)35(34)15-17-45(36,3)38(29)37(54)28-49-22-24-51(25-23-49)41-39(56-42(55)30-8-11-32(46)12-9-30)40(50-18-4-5-19-50)47-43(48-41)52-20-6-7-21-52/h8-9,11-12,14-16,27,29,34,36,38H,4-7,10,13,17-26,28H2,1-3H3/t29-,34-,36+,38-,44+,45+/m1/s1. The lowest BCUT2D eigenvalue weighted by Gasteiger charge is -2.52. The number of anilines is 3. The fourth-order valence-corrected chi connectivity index (χ4v) is 11.8. The van der Waals surface area contributed by atoms with Crippen LogP contribution in [0.3, 0.4) is 0 Å². The Bertz CT molecular complexity index is 1990. The number of allylic oxidation sites excluding steroid dienone is 6. The summed E-state index contributed by atoms with van der Waals surface area (Å²) in [4.78, 5) is 59.7. The van der Waals surface area contributed by atoms with Gasteiger partial charge in [-0.15, -0.1) is 0 Å². The van der Waals surface area contributed by atoms with Gasteiger partial charge in [0.25, 0.3) is 0 Å². The highest BCUT2D eigenvalue weighted by Gasteiger charge is 2.59. The highest BCUT2D eigenvalue weighted by atomic mass is 35.5. The van der Waals surface area contributed by atoms with Gasteiger partial charge in [0, 0.05) is 68.7 Å². The first-order chi connectivity index (χ1) is 27.0. The zero-order chi connectivity index (χ0) is 38.8. The molecule has 4 aliphatic carbocycles. The van der Waals surface area contributed by atoms with Crippen LogP contribution in [0.2, 0.25) is 5.02 Å². The van der Waals surface area contributed by atoms with Gasteiger partial charge in [0.05, 0.1) is 12.1 Å². The summed E-state index contributed by atoms with van der Waals surface area (Å²) in [6, 6.07) is 6.77. The van der Waals surface area contributed by atoms with Gasteiger partial charge in [-0.05, 0) is 118 Å². The number of esters is 1. The van der Waals surface area contributed by atoms with Gasteiger partial charge < -0.3 is 19.4 Å². The fourth-order valence-electron chi connectivity index (χ4n) is 11.7. The lowest BCUT2D eigenvalue weighted by Crippen LogP contribution is -2.51. The largest absolute Gasteiger partial charge is 0.415 e. The Labute approximate surface area is 336 Å². The summed E-state index contributed by atoms with van der Waals surface area (Å²) in [5.74, 6) is 3.71. The van der Waals surface area contributed by atoms with Crippen molar-refractivity contribution in [2.24, 2.45) is 34.5 Å². The summed E-state index contributed by atoms with van der Waals surface area (Å²) in [7, 11) is 0. The summed E-state index contributed by atoms with van der Waals surface area (Å²) >= 11 is 6.14. The molecule has 56 heavy (non-hydrogen) atoms. The van der Waals surface area contributed by atoms with Crippen LogP contribution in [0.4, 0.5) is 17.6 Å². The summed E-state index contributed by atoms with van der Waals surface area (Å²) in [5.41, 5.74) is 2.90. The molecular formula is C45H55ClN6O4. The van der Waals surface area contributed by atoms with E-state index in [1.54, 1.807) is 30.3 Å². The van der Waals surface area contributed by atoms with Crippen molar-refractivity contribution in [3.05, 3.63) is 70.3 Å². The molecule has 6 atom stereocenters. The molecule has 0 bridgehead atoms. The molecule has 1 aromatic heterocycles. The number of piperazine rings is 1. The summed E-state index contributed by atoms with van der Waals surface area (Å²) < 4.78 is 6.29. The topological polar surface area (TPSA) is 99.2 Å². The Morgan fingerprint density at radius 3 is 2.21 bits per heavy atom. The third-order valence-electron chi connectivity index (χ3n) is 14.6. The van der Waals surface area contributed by atoms with Gasteiger partial charge in [-0.1, -0.05) is 48.7 Å². The maximum Gasteiger partial charge on any atom is 0.343 e. The predicted molar refractivity (Wildman–Crippen MR) is 220 cm³/mol. The Kier molecular flexibility index (Phi) is 9.88. The average Bonchev–Trinajstić information content (AvgIpc) is 3.97. The van der Waals surface area contributed by atoms with Crippen molar-refractivity contribution < 1.29 is 19.1 Å². The summed E-state index contributed by atoms with van der Waals surface area (Å²) in [6.07, 6.45) is 16.5. The highest BCUT2D eigenvalue weighted by Crippen LogP contribution is 2.65. The molecule has 3 aliphatic heterocycles. The van der Waals surface area contributed by atoms with Crippen molar-refractivity contribution in [2.45, 2.75) is 72.1 Å². The molecule has 0 N–H and O–H groups in total. The Morgan fingerprint density at radius 1 is 0.893 bits per heavy atom. The molecule has 7 aliphatic rings. The second-order valence-electron chi connectivity index (χ2n) is 17.9. The van der Waals surface area contributed by atoms with Crippen LogP contribution in [0.5, 0.6) is 5.75 Å². The number of ketones is 2. The number of carbonyl (C=O) groups is 3. The van der Waals surface area contributed by atoms with Gasteiger partial charge in [0.1, 0.15) is 0 Å². The molecule has 9 rings (SSSR count). The van der Waals surface area contributed by atoms with Gasteiger partial charge in [0.15, 0.2) is 23.2 Å². The third-order valence-corrected chi connectivity index (χ3v) is 14.8. The average molecular weight is 779 g/mol. The Morgan fingerprint density at radius 2 is 1.54 bits per heavy atom. The Balaban J connectivity index is 0.937. The normalized spacial score (nSPS) is 31.5. The van der Waals surface area contributed by atoms with Gasteiger partial charge in [-0.25, -0.2) is 4.79 Å². The van der Waals surface area contributed by atoms with Gasteiger partial charge in [-0.3, -0.25) is 14.5 Å². The number of carbonyl (C=O) groups excluding carboxylic acids is 3. The molecule has 10 nitrogen and oxygen atoms in total. The molecule has 1 aromatic carbocycles. The van der Waals surface area contributed by atoms with E-state index >= 15 is 0 Å². The van der Waals surface area contributed by atoms with Crippen molar-refractivity contribution in [3.8, 4) is 5.75 Å². The third kappa shape index (κ3) is 6.58. The maximum atomic E-state index is 14.5. The van der Waals surface area contributed by atoms with Crippen LogP contribution in [-0.4, -0.2) is 91.3 Å². The van der Waals surface area contributed by atoms with Crippen LogP contribution in [-0.2, 0) is 9.59 Å². The Hall–Kier alpha value is -4.02. The number of halogens is 1. The zero-order valence-electron chi connectivity index (χ0n) is 33.1. The molecule has 2 aromatic rings. The first kappa shape index (κ1) is 37.6. The molecule has 2 saturated carbocycles. The summed E-state index contributed by atoms with van der Waals surface area (Å²) in [5, 5.41) is 0.557. The van der Waals surface area contributed by atoms with E-state index < -0.39 is 5.97 Å². The number of Topliss-reactive ketones (excluding diaryl/α,β-unsaturated/α-hetero) is 1. The number of benzene rings is 1. The zero-order valence-corrected chi connectivity index (χ0v) is 33.9. The molecule has 5 fully saturated rings.